The van der Waals surface area contributed by atoms with E-state index in [-0.39, 0.29) is 0 Å². The maximum Gasteiger partial charge on any atom is 0.132 e. The van der Waals surface area contributed by atoms with Crippen LogP contribution in [-0.2, 0) is 12.8 Å². The lowest BCUT2D eigenvalue weighted by atomic mass is 10.0. The van der Waals surface area contributed by atoms with Crippen molar-refractivity contribution >= 4 is 23.2 Å². The molecule has 0 radical (unpaired) electrons. The Morgan fingerprint density at radius 3 is 1.74 bits per heavy atom. The Bertz CT molecular complexity index is 474. The molecule has 0 atom stereocenters. The van der Waals surface area contributed by atoms with Gasteiger partial charge in [0, 0.05) is 0 Å². The molecule has 0 spiro atoms. The molecule has 0 heterocycles. The van der Waals surface area contributed by atoms with E-state index in [0.29, 0.717) is 0 Å². The van der Waals surface area contributed by atoms with Crippen molar-refractivity contribution in [2.24, 2.45) is 0 Å². The SMILES string of the molecule is ClC(Cl)c1ccc(CCCCc2ccccc2)cc1. The van der Waals surface area contributed by atoms with Crippen molar-refractivity contribution in [3.05, 3.63) is 71.3 Å². The maximum absolute atomic E-state index is 5.82. The minimum absolute atomic E-state index is 0.424. The molecule has 0 saturated heterocycles. The smallest absolute Gasteiger partial charge is 0.100 e. The lowest BCUT2D eigenvalue weighted by molar-refractivity contribution is 0.734. The highest BCUT2D eigenvalue weighted by atomic mass is 35.5. The summed E-state index contributed by atoms with van der Waals surface area (Å²) in [5.74, 6) is 0. The number of benzene rings is 2. The van der Waals surface area contributed by atoms with Crippen LogP contribution >= 0.6 is 23.2 Å². The second-order valence-electron chi connectivity index (χ2n) is 4.73. The van der Waals surface area contributed by atoms with Crippen molar-refractivity contribution < 1.29 is 0 Å². The molecule has 0 aliphatic heterocycles. The van der Waals surface area contributed by atoms with Crippen molar-refractivity contribution in [3.63, 3.8) is 0 Å². The van der Waals surface area contributed by atoms with Gasteiger partial charge in [-0.05, 0) is 42.4 Å². The van der Waals surface area contributed by atoms with E-state index in [1.165, 1.54) is 24.0 Å². The lowest BCUT2D eigenvalue weighted by Crippen LogP contribution is -1.90. The standard InChI is InChI=1S/C17H18Cl2/c18-17(19)16-12-10-15(11-13-16)9-5-4-8-14-6-2-1-3-7-14/h1-3,6-7,10-13,17H,4-5,8-9H2. The normalized spacial score (nSPS) is 10.9. The minimum Gasteiger partial charge on any atom is -0.100 e. The van der Waals surface area contributed by atoms with E-state index in [4.69, 9.17) is 23.2 Å². The van der Waals surface area contributed by atoms with Gasteiger partial charge in [-0.3, -0.25) is 0 Å². The van der Waals surface area contributed by atoms with Gasteiger partial charge in [0.05, 0.1) is 0 Å². The topological polar surface area (TPSA) is 0 Å². The first-order valence-electron chi connectivity index (χ1n) is 6.66. The van der Waals surface area contributed by atoms with E-state index in [0.717, 1.165) is 18.4 Å². The van der Waals surface area contributed by atoms with Crippen LogP contribution in [-0.4, -0.2) is 0 Å². The number of halogens is 2. The summed E-state index contributed by atoms with van der Waals surface area (Å²) in [6, 6.07) is 18.9. The average molecular weight is 293 g/mol. The molecule has 2 heteroatoms. The van der Waals surface area contributed by atoms with E-state index < -0.39 is 4.84 Å². The summed E-state index contributed by atoms with van der Waals surface area (Å²) < 4.78 is 0. The number of unbranched alkanes of at least 4 members (excludes halogenated alkanes) is 1. The molecule has 0 saturated carbocycles. The number of aryl methyl sites for hydroxylation is 2. The van der Waals surface area contributed by atoms with Crippen molar-refractivity contribution in [1.82, 2.24) is 0 Å². The molecule has 0 fully saturated rings. The Morgan fingerprint density at radius 2 is 1.21 bits per heavy atom. The third kappa shape index (κ3) is 4.89. The van der Waals surface area contributed by atoms with Gasteiger partial charge >= 0.3 is 0 Å². The van der Waals surface area contributed by atoms with Crippen LogP contribution in [0.2, 0.25) is 0 Å². The van der Waals surface area contributed by atoms with E-state index in [2.05, 4.69) is 42.5 Å². The Balaban J connectivity index is 1.74. The van der Waals surface area contributed by atoms with E-state index in [1.807, 2.05) is 12.1 Å². The van der Waals surface area contributed by atoms with Crippen LogP contribution in [0.25, 0.3) is 0 Å². The first kappa shape index (κ1) is 14.4. The Morgan fingerprint density at radius 1 is 0.684 bits per heavy atom. The Labute approximate surface area is 125 Å². The van der Waals surface area contributed by atoms with Crippen LogP contribution in [0.4, 0.5) is 0 Å². The van der Waals surface area contributed by atoms with Gasteiger partial charge in [-0.2, -0.15) is 0 Å². The second-order valence-corrected chi connectivity index (χ2v) is 5.83. The van der Waals surface area contributed by atoms with Gasteiger partial charge in [0.2, 0.25) is 0 Å². The van der Waals surface area contributed by atoms with Crippen LogP contribution in [0.3, 0.4) is 0 Å². The fourth-order valence-corrected chi connectivity index (χ4v) is 2.42. The molecule has 0 aliphatic rings. The van der Waals surface area contributed by atoms with Gasteiger partial charge < -0.3 is 0 Å². The second kappa shape index (κ2) is 7.57. The molecule has 0 N–H and O–H groups in total. The van der Waals surface area contributed by atoms with Gasteiger partial charge in [0.25, 0.3) is 0 Å². The summed E-state index contributed by atoms with van der Waals surface area (Å²) in [6.45, 7) is 0. The highest BCUT2D eigenvalue weighted by Gasteiger charge is 2.02. The quantitative estimate of drug-likeness (QED) is 0.471. The van der Waals surface area contributed by atoms with E-state index in [1.54, 1.807) is 0 Å². The summed E-state index contributed by atoms with van der Waals surface area (Å²) in [6.07, 6.45) is 4.70. The molecule has 0 aliphatic carbocycles. The zero-order valence-electron chi connectivity index (χ0n) is 10.9. The highest BCUT2D eigenvalue weighted by molar-refractivity contribution is 6.44. The number of hydrogen-bond donors (Lipinski definition) is 0. The van der Waals surface area contributed by atoms with Crippen LogP contribution in [0.1, 0.15) is 34.4 Å². The molecule has 0 amide bonds. The third-order valence-electron chi connectivity index (χ3n) is 3.26. The largest absolute Gasteiger partial charge is 0.132 e. The predicted molar refractivity (Wildman–Crippen MR) is 84.0 cm³/mol. The molecular weight excluding hydrogens is 275 g/mol. The van der Waals surface area contributed by atoms with Crippen LogP contribution < -0.4 is 0 Å². The molecule has 19 heavy (non-hydrogen) atoms. The van der Waals surface area contributed by atoms with Crippen LogP contribution in [0.5, 0.6) is 0 Å². The molecule has 0 aromatic heterocycles. The first-order chi connectivity index (χ1) is 9.25. The van der Waals surface area contributed by atoms with Crippen molar-refractivity contribution in [3.8, 4) is 0 Å². The summed E-state index contributed by atoms with van der Waals surface area (Å²) in [4.78, 5) is -0.424. The van der Waals surface area contributed by atoms with Gasteiger partial charge in [0.1, 0.15) is 4.84 Å². The van der Waals surface area contributed by atoms with Gasteiger partial charge in [-0.15, -0.1) is 23.2 Å². The molecule has 2 rings (SSSR count). The number of alkyl halides is 2. The molecule has 2 aromatic rings. The summed E-state index contributed by atoms with van der Waals surface area (Å²) in [7, 11) is 0. The summed E-state index contributed by atoms with van der Waals surface area (Å²) in [5.41, 5.74) is 3.74. The first-order valence-corrected chi connectivity index (χ1v) is 7.54. The lowest BCUT2D eigenvalue weighted by Gasteiger charge is -2.05. The zero-order valence-corrected chi connectivity index (χ0v) is 12.4. The van der Waals surface area contributed by atoms with Gasteiger partial charge in [-0.1, -0.05) is 54.6 Å². The van der Waals surface area contributed by atoms with Gasteiger partial charge in [0.15, 0.2) is 0 Å². The molecule has 0 nitrogen and oxygen atoms in total. The number of rotatable bonds is 6. The molecular formula is C17H18Cl2. The minimum atomic E-state index is -0.424. The molecule has 0 unspecified atom stereocenters. The van der Waals surface area contributed by atoms with Gasteiger partial charge in [-0.25, -0.2) is 0 Å². The predicted octanol–water partition coefficient (Wildman–Crippen LogP) is 5.73. The Hall–Kier alpha value is -0.980. The number of hydrogen-bond acceptors (Lipinski definition) is 0. The van der Waals surface area contributed by atoms with Crippen LogP contribution in [0, 0.1) is 0 Å². The summed E-state index contributed by atoms with van der Waals surface area (Å²) >= 11 is 11.6. The van der Waals surface area contributed by atoms with E-state index in [9.17, 15) is 0 Å². The maximum atomic E-state index is 5.82. The van der Waals surface area contributed by atoms with Crippen molar-refractivity contribution in [2.75, 3.05) is 0 Å². The summed E-state index contributed by atoms with van der Waals surface area (Å²) in [5, 5.41) is 0. The molecule has 100 valence electrons. The van der Waals surface area contributed by atoms with Crippen molar-refractivity contribution in [2.45, 2.75) is 30.5 Å². The fourth-order valence-electron chi connectivity index (χ4n) is 2.13. The van der Waals surface area contributed by atoms with Crippen LogP contribution in [0.15, 0.2) is 54.6 Å². The monoisotopic (exact) mass is 292 g/mol. The molecule has 0 bridgehead atoms. The highest BCUT2D eigenvalue weighted by Crippen LogP contribution is 2.24. The van der Waals surface area contributed by atoms with Crippen molar-refractivity contribution in [1.29, 1.82) is 0 Å². The average Bonchev–Trinajstić information content (AvgIpc) is 2.45. The molecule has 2 aromatic carbocycles. The fraction of sp³-hybridized carbons (Fsp3) is 0.294. The third-order valence-corrected chi connectivity index (χ3v) is 3.76. The van der Waals surface area contributed by atoms with E-state index >= 15 is 0 Å². The zero-order chi connectivity index (χ0) is 13.5. The Kier molecular flexibility index (Phi) is 5.75.